The number of amides is 2. The Balaban J connectivity index is 1.54. The van der Waals surface area contributed by atoms with E-state index in [2.05, 4.69) is 15.0 Å². The Morgan fingerprint density at radius 2 is 1.60 bits per heavy atom. The smallest absolute Gasteiger partial charge is 0.434 e. The Labute approximate surface area is 202 Å². The molecule has 35 heavy (non-hydrogen) atoms. The highest BCUT2D eigenvalue weighted by Gasteiger charge is 2.19. The lowest BCUT2D eigenvalue weighted by atomic mass is 10.1. The maximum Gasteiger partial charge on any atom is 0.515 e. The summed E-state index contributed by atoms with van der Waals surface area (Å²) >= 11 is 0. The van der Waals surface area contributed by atoms with Crippen molar-refractivity contribution in [1.82, 2.24) is 15.0 Å². The van der Waals surface area contributed by atoms with E-state index in [9.17, 15) is 22.8 Å². The molecule has 10 nitrogen and oxygen atoms in total. The standard InChI is InChI=1S/C24H23N3O7S/c1-2-33-24(30)34-21-13-10-19(16-26-21)23(29)27-35(31,32)20-11-8-17(9-12-20)14-15-25-22(28)18-6-4-3-5-7-18/h3-13,16H,2,14-15H2,1H3,(H,25,28)(H,27,29). The predicted molar refractivity (Wildman–Crippen MR) is 125 cm³/mol. The molecule has 0 saturated carbocycles. The molecule has 0 fully saturated rings. The number of pyridine rings is 1. The molecule has 0 aliphatic rings. The van der Waals surface area contributed by atoms with E-state index in [-0.39, 0.29) is 28.9 Å². The lowest BCUT2D eigenvalue weighted by Gasteiger charge is -2.09. The summed E-state index contributed by atoms with van der Waals surface area (Å²) < 4.78 is 36.5. The summed E-state index contributed by atoms with van der Waals surface area (Å²) in [5, 5.41) is 2.80. The van der Waals surface area contributed by atoms with Crippen LogP contribution in [-0.2, 0) is 21.2 Å². The lowest BCUT2D eigenvalue weighted by molar-refractivity contribution is 0.0950. The van der Waals surface area contributed by atoms with Gasteiger partial charge in [-0.25, -0.2) is 22.9 Å². The second-order valence-electron chi connectivity index (χ2n) is 7.12. The molecular formula is C24H23N3O7S. The van der Waals surface area contributed by atoms with Gasteiger partial charge in [0.05, 0.1) is 17.1 Å². The number of aromatic nitrogens is 1. The Hall–Kier alpha value is -4.25. The summed E-state index contributed by atoms with van der Waals surface area (Å²) in [4.78, 5) is 39.4. The average Bonchev–Trinajstić information content (AvgIpc) is 2.85. The monoisotopic (exact) mass is 497 g/mol. The summed E-state index contributed by atoms with van der Waals surface area (Å²) in [7, 11) is -4.13. The molecule has 0 aliphatic carbocycles. The van der Waals surface area contributed by atoms with Gasteiger partial charge in [0.1, 0.15) is 0 Å². The first-order chi connectivity index (χ1) is 16.8. The molecule has 2 amide bonds. The second kappa shape index (κ2) is 11.7. The third-order valence-electron chi connectivity index (χ3n) is 4.64. The van der Waals surface area contributed by atoms with E-state index in [4.69, 9.17) is 4.74 Å². The van der Waals surface area contributed by atoms with Gasteiger partial charge >= 0.3 is 6.16 Å². The van der Waals surface area contributed by atoms with E-state index in [1.54, 1.807) is 43.3 Å². The molecule has 11 heteroatoms. The summed E-state index contributed by atoms with van der Waals surface area (Å²) in [5.41, 5.74) is 1.32. The third kappa shape index (κ3) is 7.37. The summed E-state index contributed by atoms with van der Waals surface area (Å²) in [6.45, 7) is 2.12. The first kappa shape index (κ1) is 25.4. The predicted octanol–water partition coefficient (Wildman–Crippen LogP) is 2.71. The number of ether oxygens (including phenoxy) is 2. The van der Waals surface area contributed by atoms with Crippen LogP contribution in [0.25, 0.3) is 0 Å². The van der Waals surface area contributed by atoms with Gasteiger partial charge in [-0.05, 0) is 49.2 Å². The summed E-state index contributed by atoms with van der Waals surface area (Å²) in [5.74, 6) is -1.19. The van der Waals surface area contributed by atoms with E-state index in [1.807, 2.05) is 10.8 Å². The van der Waals surface area contributed by atoms with Gasteiger partial charge in [0.2, 0.25) is 5.88 Å². The van der Waals surface area contributed by atoms with Crippen molar-refractivity contribution in [2.24, 2.45) is 0 Å². The number of carbonyl (C=O) groups is 3. The van der Waals surface area contributed by atoms with Gasteiger partial charge in [0, 0.05) is 24.4 Å². The van der Waals surface area contributed by atoms with Crippen LogP contribution in [0.2, 0.25) is 0 Å². The molecule has 0 bridgehead atoms. The van der Waals surface area contributed by atoms with Crippen molar-refractivity contribution >= 4 is 28.0 Å². The molecule has 1 aromatic heterocycles. The van der Waals surface area contributed by atoms with Crippen LogP contribution >= 0.6 is 0 Å². The van der Waals surface area contributed by atoms with Crippen molar-refractivity contribution in [3.05, 3.63) is 89.6 Å². The molecule has 182 valence electrons. The van der Waals surface area contributed by atoms with Crippen LogP contribution in [0, 0.1) is 0 Å². The van der Waals surface area contributed by atoms with Crippen LogP contribution in [0.5, 0.6) is 5.88 Å². The van der Waals surface area contributed by atoms with E-state index in [0.29, 0.717) is 18.5 Å². The largest absolute Gasteiger partial charge is 0.515 e. The van der Waals surface area contributed by atoms with E-state index in [1.165, 1.54) is 24.3 Å². The molecule has 0 spiro atoms. The SMILES string of the molecule is CCOC(=O)Oc1ccc(C(=O)NS(=O)(=O)c2ccc(CCNC(=O)c3ccccc3)cc2)cn1. The Morgan fingerprint density at radius 3 is 2.23 bits per heavy atom. The first-order valence-electron chi connectivity index (χ1n) is 10.6. The first-order valence-corrected chi connectivity index (χ1v) is 12.1. The van der Waals surface area contributed by atoms with Crippen LogP contribution < -0.4 is 14.8 Å². The van der Waals surface area contributed by atoms with Crippen LogP contribution in [0.3, 0.4) is 0 Å². The van der Waals surface area contributed by atoms with Crippen molar-refractivity contribution in [1.29, 1.82) is 0 Å². The van der Waals surface area contributed by atoms with Crippen molar-refractivity contribution in [2.45, 2.75) is 18.2 Å². The number of benzene rings is 2. The highest BCUT2D eigenvalue weighted by molar-refractivity contribution is 7.90. The number of rotatable bonds is 9. The molecule has 0 unspecified atom stereocenters. The molecule has 1 heterocycles. The van der Waals surface area contributed by atoms with Gasteiger partial charge in [-0.15, -0.1) is 0 Å². The van der Waals surface area contributed by atoms with Crippen molar-refractivity contribution in [3.8, 4) is 5.88 Å². The Bertz CT molecular complexity index is 1280. The lowest BCUT2D eigenvalue weighted by Crippen LogP contribution is -2.30. The minimum atomic E-state index is -4.13. The normalized spacial score (nSPS) is 10.8. The molecule has 3 rings (SSSR count). The Morgan fingerprint density at radius 1 is 0.886 bits per heavy atom. The fourth-order valence-corrected chi connectivity index (χ4v) is 3.87. The number of nitrogens with zero attached hydrogens (tertiary/aromatic N) is 1. The zero-order chi connectivity index (χ0) is 25.3. The average molecular weight is 498 g/mol. The summed E-state index contributed by atoms with van der Waals surface area (Å²) in [6.07, 6.45) is 0.630. The van der Waals surface area contributed by atoms with Crippen LogP contribution in [0.1, 0.15) is 33.2 Å². The minimum absolute atomic E-state index is 0.0458. The third-order valence-corrected chi connectivity index (χ3v) is 5.99. The van der Waals surface area contributed by atoms with Crippen molar-refractivity contribution in [2.75, 3.05) is 13.2 Å². The van der Waals surface area contributed by atoms with Crippen molar-refractivity contribution < 1.29 is 32.3 Å². The van der Waals surface area contributed by atoms with E-state index < -0.39 is 22.1 Å². The highest BCUT2D eigenvalue weighted by Crippen LogP contribution is 2.13. The van der Waals surface area contributed by atoms with Gasteiger partial charge in [-0.1, -0.05) is 30.3 Å². The molecule has 0 saturated heterocycles. The number of nitrogens with one attached hydrogen (secondary N) is 2. The number of sulfonamides is 1. The number of hydrogen-bond acceptors (Lipinski definition) is 8. The molecule has 2 N–H and O–H groups in total. The molecule has 3 aromatic rings. The highest BCUT2D eigenvalue weighted by atomic mass is 32.2. The molecule has 0 radical (unpaired) electrons. The van der Waals surface area contributed by atoms with Gasteiger partial charge in [-0.2, -0.15) is 0 Å². The quantitative estimate of drug-likeness (QED) is 0.430. The molecule has 2 aromatic carbocycles. The number of hydrogen-bond donors (Lipinski definition) is 2. The van der Waals surface area contributed by atoms with Gasteiger partial charge in [0.15, 0.2) is 0 Å². The Kier molecular flexibility index (Phi) is 8.52. The van der Waals surface area contributed by atoms with Gasteiger partial charge < -0.3 is 14.8 Å². The minimum Gasteiger partial charge on any atom is -0.434 e. The topological polar surface area (TPSA) is 141 Å². The fraction of sp³-hybridized carbons (Fsp3) is 0.167. The van der Waals surface area contributed by atoms with Crippen LogP contribution in [0.4, 0.5) is 4.79 Å². The van der Waals surface area contributed by atoms with E-state index in [0.717, 1.165) is 11.8 Å². The molecule has 0 aliphatic heterocycles. The maximum absolute atomic E-state index is 12.6. The zero-order valence-corrected chi connectivity index (χ0v) is 19.6. The molecular weight excluding hydrogens is 474 g/mol. The maximum atomic E-state index is 12.6. The van der Waals surface area contributed by atoms with Crippen molar-refractivity contribution in [3.63, 3.8) is 0 Å². The van der Waals surface area contributed by atoms with Gasteiger partial charge in [-0.3, -0.25) is 9.59 Å². The summed E-state index contributed by atoms with van der Waals surface area (Å²) in [6, 6.07) is 17.3. The van der Waals surface area contributed by atoms with Crippen LogP contribution in [0.15, 0.2) is 77.8 Å². The molecule has 0 atom stereocenters. The number of carbonyl (C=O) groups excluding carboxylic acids is 3. The van der Waals surface area contributed by atoms with Gasteiger partial charge in [0.25, 0.3) is 21.8 Å². The van der Waals surface area contributed by atoms with Crippen LogP contribution in [-0.4, -0.2) is 44.5 Å². The second-order valence-corrected chi connectivity index (χ2v) is 8.80. The van der Waals surface area contributed by atoms with E-state index >= 15 is 0 Å². The zero-order valence-electron chi connectivity index (χ0n) is 18.8. The fourth-order valence-electron chi connectivity index (χ4n) is 2.89.